The van der Waals surface area contributed by atoms with Crippen molar-refractivity contribution in [2.75, 3.05) is 13.2 Å². The van der Waals surface area contributed by atoms with E-state index in [0.717, 1.165) is 5.76 Å². The minimum atomic E-state index is -0.444. The van der Waals surface area contributed by atoms with Gasteiger partial charge in [0.2, 0.25) is 0 Å². The van der Waals surface area contributed by atoms with Gasteiger partial charge < -0.3 is 14.3 Å². The van der Waals surface area contributed by atoms with E-state index in [1.54, 1.807) is 6.26 Å². The van der Waals surface area contributed by atoms with Crippen LogP contribution in [0.15, 0.2) is 22.8 Å². The van der Waals surface area contributed by atoms with E-state index in [1.807, 2.05) is 26.0 Å². The summed E-state index contributed by atoms with van der Waals surface area (Å²) >= 11 is 0. The Morgan fingerprint density at radius 2 is 2.16 bits per heavy atom. The zero-order valence-corrected chi connectivity index (χ0v) is 12.1. The second-order valence-electron chi connectivity index (χ2n) is 5.66. The Labute approximate surface area is 115 Å². The Hall–Kier alpha value is -0.840. The Balaban J connectivity index is 1.89. The molecule has 1 fully saturated rings. The van der Waals surface area contributed by atoms with Crippen LogP contribution in [0.4, 0.5) is 0 Å². The molecule has 2 rings (SSSR count). The van der Waals surface area contributed by atoms with Gasteiger partial charge in [-0.05, 0) is 45.7 Å². The first-order chi connectivity index (χ1) is 9.08. The maximum absolute atomic E-state index is 10.1. The second kappa shape index (κ2) is 6.55. The third-order valence-electron chi connectivity index (χ3n) is 3.51. The number of furan rings is 1. The van der Waals surface area contributed by atoms with Crippen molar-refractivity contribution in [3.05, 3.63) is 24.2 Å². The van der Waals surface area contributed by atoms with Crippen molar-refractivity contribution in [2.24, 2.45) is 0 Å². The standard InChI is InChI=1S/C15H25NO3/c1-11(2)19-10-14(17)9-16(13-6-7-13)12(3)15-5-4-8-18-15/h4-5,8,11-14,17H,6-7,9-10H2,1-3H3. The fraction of sp³-hybridized carbons (Fsp3) is 0.733. The fourth-order valence-electron chi connectivity index (χ4n) is 2.32. The van der Waals surface area contributed by atoms with E-state index in [0.29, 0.717) is 19.2 Å². The Kier molecular flexibility index (Phi) is 5.02. The maximum atomic E-state index is 10.1. The van der Waals surface area contributed by atoms with Crippen LogP contribution in [-0.4, -0.2) is 41.4 Å². The van der Waals surface area contributed by atoms with Gasteiger partial charge in [0, 0.05) is 12.6 Å². The van der Waals surface area contributed by atoms with Gasteiger partial charge in [-0.2, -0.15) is 0 Å². The number of hydrogen-bond acceptors (Lipinski definition) is 4. The molecular formula is C15H25NO3. The van der Waals surface area contributed by atoms with Crippen molar-refractivity contribution in [1.82, 2.24) is 4.90 Å². The molecule has 0 aromatic carbocycles. The second-order valence-corrected chi connectivity index (χ2v) is 5.66. The topological polar surface area (TPSA) is 45.8 Å². The van der Waals surface area contributed by atoms with Crippen LogP contribution in [0.1, 0.15) is 45.4 Å². The predicted molar refractivity (Wildman–Crippen MR) is 73.9 cm³/mol. The van der Waals surface area contributed by atoms with Gasteiger partial charge in [0.15, 0.2) is 0 Å². The molecule has 108 valence electrons. The number of nitrogens with zero attached hydrogens (tertiary/aromatic N) is 1. The van der Waals surface area contributed by atoms with Crippen molar-refractivity contribution >= 4 is 0 Å². The van der Waals surface area contributed by atoms with E-state index in [-0.39, 0.29) is 12.1 Å². The van der Waals surface area contributed by atoms with Crippen LogP contribution in [0.25, 0.3) is 0 Å². The quantitative estimate of drug-likeness (QED) is 0.786. The largest absolute Gasteiger partial charge is 0.468 e. The lowest BCUT2D eigenvalue weighted by Gasteiger charge is -2.30. The number of rotatable bonds is 8. The zero-order chi connectivity index (χ0) is 13.8. The molecule has 0 amide bonds. The molecular weight excluding hydrogens is 242 g/mol. The lowest BCUT2D eigenvalue weighted by Crippen LogP contribution is -2.38. The summed E-state index contributed by atoms with van der Waals surface area (Å²) in [5.41, 5.74) is 0. The maximum Gasteiger partial charge on any atom is 0.120 e. The van der Waals surface area contributed by atoms with Crippen molar-refractivity contribution < 1.29 is 14.3 Å². The summed E-state index contributed by atoms with van der Waals surface area (Å²) in [5, 5.41) is 10.1. The van der Waals surface area contributed by atoms with Crippen LogP contribution in [0.2, 0.25) is 0 Å². The Bertz CT molecular complexity index is 359. The van der Waals surface area contributed by atoms with E-state index in [1.165, 1.54) is 12.8 Å². The lowest BCUT2D eigenvalue weighted by atomic mass is 10.2. The first-order valence-electron chi connectivity index (χ1n) is 7.16. The molecule has 0 aliphatic heterocycles. The van der Waals surface area contributed by atoms with Gasteiger partial charge in [0.25, 0.3) is 0 Å². The molecule has 1 heterocycles. The summed E-state index contributed by atoms with van der Waals surface area (Å²) in [6.45, 7) is 7.13. The molecule has 0 bridgehead atoms. The molecule has 1 N–H and O–H groups in total. The van der Waals surface area contributed by atoms with Gasteiger partial charge in [0.1, 0.15) is 5.76 Å². The van der Waals surface area contributed by atoms with E-state index >= 15 is 0 Å². The number of hydrogen-bond donors (Lipinski definition) is 1. The summed E-state index contributed by atoms with van der Waals surface area (Å²) in [6.07, 6.45) is 3.84. The van der Waals surface area contributed by atoms with E-state index in [9.17, 15) is 5.11 Å². The van der Waals surface area contributed by atoms with Crippen LogP contribution >= 0.6 is 0 Å². The molecule has 19 heavy (non-hydrogen) atoms. The van der Waals surface area contributed by atoms with E-state index in [2.05, 4.69) is 11.8 Å². The molecule has 0 spiro atoms. The molecule has 4 heteroatoms. The van der Waals surface area contributed by atoms with Gasteiger partial charge in [-0.3, -0.25) is 4.90 Å². The average Bonchev–Trinajstić information content (AvgIpc) is 3.06. The third kappa shape index (κ3) is 4.34. The van der Waals surface area contributed by atoms with Crippen molar-refractivity contribution in [2.45, 2.75) is 57.9 Å². The van der Waals surface area contributed by atoms with Crippen LogP contribution < -0.4 is 0 Å². The summed E-state index contributed by atoms with van der Waals surface area (Å²) in [7, 11) is 0. The molecule has 1 aromatic rings. The summed E-state index contributed by atoms with van der Waals surface area (Å²) in [6, 6.07) is 4.69. The van der Waals surface area contributed by atoms with Crippen LogP contribution in [0.3, 0.4) is 0 Å². The first-order valence-corrected chi connectivity index (χ1v) is 7.16. The normalized spacial score (nSPS) is 19.1. The monoisotopic (exact) mass is 267 g/mol. The predicted octanol–water partition coefficient (Wildman–Crippen LogP) is 2.59. The average molecular weight is 267 g/mol. The smallest absolute Gasteiger partial charge is 0.120 e. The Morgan fingerprint density at radius 3 is 2.68 bits per heavy atom. The highest BCUT2D eigenvalue weighted by Gasteiger charge is 2.34. The molecule has 0 radical (unpaired) electrons. The summed E-state index contributed by atoms with van der Waals surface area (Å²) < 4.78 is 11.0. The fourth-order valence-corrected chi connectivity index (χ4v) is 2.32. The van der Waals surface area contributed by atoms with Crippen LogP contribution in [0, 0.1) is 0 Å². The van der Waals surface area contributed by atoms with Gasteiger partial charge in [-0.15, -0.1) is 0 Å². The van der Waals surface area contributed by atoms with Crippen LogP contribution in [0.5, 0.6) is 0 Å². The molecule has 1 aliphatic carbocycles. The van der Waals surface area contributed by atoms with E-state index < -0.39 is 6.10 Å². The molecule has 1 aliphatic rings. The highest BCUT2D eigenvalue weighted by Crippen LogP contribution is 2.34. The minimum Gasteiger partial charge on any atom is -0.468 e. The summed E-state index contributed by atoms with van der Waals surface area (Å²) in [4.78, 5) is 2.33. The van der Waals surface area contributed by atoms with Gasteiger partial charge in [0.05, 0.1) is 31.1 Å². The van der Waals surface area contributed by atoms with Crippen molar-refractivity contribution in [3.8, 4) is 0 Å². The molecule has 1 saturated carbocycles. The first kappa shape index (κ1) is 14.6. The van der Waals surface area contributed by atoms with Gasteiger partial charge in [-0.25, -0.2) is 0 Å². The molecule has 2 atom stereocenters. The van der Waals surface area contributed by atoms with Crippen LogP contribution in [-0.2, 0) is 4.74 Å². The molecule has 2 unspecified atom stereocenters. The highest BCUT2D eigenvalue weighted by molar-refractivity contribution is 5.05. The van der Waals surface area contributed by atoms with Crippen molar-refractivity contribution in [3.63, 3.8) is 0 Å². The highest BCUT2D eigenvalue weighted by atomic mass is 16.5. The van der Waals surface area contributed by atoms with Gasteiger partial charge in [-0.1, -0.05) is 0 Å². The summed E-state index contributed by atoms with van der Waals surface area (Å²) in [5.74, 6) is 0.962. The SMILES string of the molecule is CC(C)OCC(O)CN(C1CC1)C(C)c1ccco1. The van der Waals surface area contributed by atoms with Gasteiger partial charge >= 0.3 is 0 Å². The number of ether oxygens (including phenoxy) is 1. The zero-order valence-electron chi connectivity index (χ0n) is 12.1. The third-order valence-corrected chi connectivity index (χ3v) is 3.51. The van der Waals surface area contributed by atoms with Crippen molar-refractivity contribution in [1.29, 1.82) is 0 Å². The Morgan fingerprint density at radius 1 is 1.42 bits per heavy atom. The molecule has 4 nitrogen and oxygen atoms in total. The van der Waals surface area contributed by atoms with E-state index in [4.69, 9.17) is 9.15 Å². The lowest BCUT2D eigenvalue weighted by molar-refractivity contribution is -0.0162. The minimum absolute atomic E-state index is 0.159. The number of aliphatic hydroxyl groups excluding tert-OH is 1. The number of aliphatic hydroxyl groups is 1. The molecule has 1 aromatic heterocycles. The molecule has 0 saturated heterocycles.